The smallest absolute Gasteiger partial charge is 0.196 e. The number of ether oxygens (including phenoxy) is 1. The molecule has 0 radical (unpaired) electrons. The summed E-state index contributed by atoms with van der Waals surface area (Å²) in [7, 11) is 1.69. The van der Waals surface area contributed by atoms with Crippen molar-refractivity contribution in [1.82, 2.24) is 9.97 Å². The predicted molar refractivity (Wildman–Crippen MR) is 102 cm³/mol. The summed E-state index contributed by atoms with van der Waals surface area (Å²) in [5, 5.41) is 1.03. The number of methoxy groups -OCH3 is 1. The first-order valence-corrected chi connectivity index (χ1v) is 8.85. The van der Waals surface area contributed by atoms with E-state index >= 15 is 0 Å². The van der Waals surface area contributed by atoms with Gasteiger partial charge >= 0.3 is 0 Å². The second-order valence-corrected chi connectivity index (χ2v) is 6.68. The van der Waals surface area contributed by atoms with Crippen molar-refractivity contribution >= 4 is 27.9 Å². The van der Waals surface area contributed by atoms with Crippen molar-refractivity contribution < 1.29 is 9.15 Å². The van der Waals surface area contributed by atoms with E-state index in [1.165, 1.54) is 18.4 Å². The van der Waals surface area contributed by atoms with Gasteiger partial charge in [-0.2, -0.15) is 0 Å². The fourth-order valence-corrected chi connectivity index (χ4v) is 3.41. The molecular formula is C21H19N3O2. The molecule has 0 unspecified atom stereocenters. The van der Waals surface area contributed by atoms with E-state index in [9.17, 15) is 0 Å². The maximum Gasteiger partial charge on any atom is 0.196 e. The van der Waals surface area contributed by atoms with Gasteiger partial charge in [0.1, 0.15) is 23.2 Å². The lowest BCUT2D eigenvalue weighted by Crippen LogP contribution is -2.26. The molecule has 0 saturated heterocycles. The predicted octanol–water partition coefficient (Wildman–Crippen LogP) is 4.55. The van der Waals surface area contributed by atoms with E-state index in [4.69, 9.17) is 9.15 Å². The molecule has 4 aromatic rings. The summed E-state index contributed by atoms with van der Waals surface area (Å²) < 4.78 is 11.4. The number of benzene rings is 2. The van der Waals surface area contributed by atoms with Crippen molar-refractivity contribution in [2.75, 3.05) is 12.0 Å². The van der Waals surface area contributed by atoms with Gasteiger partial charge in [0.25, 0.3) is 0 Å². The summed E-state index contributed by atoms with van der Waals surface area (Å²) in [6.45, 7) is 0.790. The minimum Gasteiger partial charge on any atom is -0.497 e. The fourth-order valence-electron chi connectivity index (χ4n) is 3.41. The quantitative estimate of drug-likeness (QED) is 0.531. The Kier molecular flexibility index (Phi) is 3.52. The van der Waals surface area contributed by atoms with E-state index in [0.29, 0.717) is 6.04 Å². The van der Waals surface area contributed by atoms with Crippen LogP contribution in [-0.2, 0) is 6.54 Å². The molecule has 130 valence electrons. The van der Waals surface area contributed by atoms with Crippen molar-refractivity contribution in [2.24, 2.45) is 0 Å². The first kappa shape index (κ1) is 15.2. The summed E-state index contributed by atoms with van der Waals surface area (Å²) in [6.07, 6.45) is 4.01. The molecular weight excluding hydrogens is 326 g/mol. The van der Waals surface area contributed by atoms with E-state index in [-0.39, 0.29) is 0 Å². The summed E-state index contributed by atoms with van der Waals surface area (Å²) in [5.41, 5.74) is 3.73. The molecule has 0 spiro atoms. The molecule has 0 amide bonds. The zero-order valence-electron chi connectivity index (χ0n) is 14.6. The average molecular weight is 345 g/mol. The molecule has 0 aliphatic heterocycles. The third kappa shape index (κ3) is 2.56. The van der Waals surface area contributed by atoms with Crippen LogP contribution in [0.1, 0.15) is 18.4 Å². The van der Waals surface area contributed by atoms with Gasteiger partial charge < -0.3 is 14.1 Å². The van der Waals surface area contributed by atoms with Crippen LogP contribution in [0.2, 0.25) is 0 Å². The molecule has 1 aliphatic carbocycles. The number of hydrogen-bond acceptors (Lipinski definition) is 5. The Labute approximate surface area is 151 Å². The number of rotatable bonds is 5. The van der Waals surface area contributed by atoms with Crippen LogP contribution in [-0.4, -0.2) is 23.1 Å². The first-order chi connectivity index (χ1) is 12.8. The number of hydrogen-bond donors (Lipinski definition) is 0. The molecule has 0 N–H and O–H groups in total. The van der Waals surface area contributed by atoms with Crippen LogP contribution in [0.25, 0.3) is 22.1 Å². The molecule has 26 heavy (non-hydrogen) atoms. The second-order valence-electron chi connectivity index (χ2n) is 6.68. The summed E-state index contributed by atoms with van der Waals surface area (Å²) in [4.78, 5) is 11.4. The molecule has 5 nitrogen and oxygen atoms in total. The third-order valence-corrected chi connectivity index (χ3v) is 4.91. The minimum atomic E-state index is 0.503. The molecule has 2 heterocycles. The number of furan rings is 1. The van der Waals surface area contributed by atoms with Crippen molar-refractivity contribution in [1.29, 1.82) is 0 Å². The van der Waals surface area contributed by atoms with Gasteiger partial charge in [0, 0.05) is 18.0 Å². The Balaban J connectivity index is 1.58. The number of para-hydroxylation sites is 1. The zero-order valence-corrected chi connectivity index (χ0v) is 14.6. The third-order valence-electron chi connectivity index (χ3n) is 4.91. The highest BCUT2D eigenvalue weighted by Crippen LogP contribution is 2.38. The number of anilines is 1. The van der Waals surface area contributed by atoms with E-state index in [1.807, 2.05) is 36.4 Å². The van der Waals surface area contributed by atoms with E-state index in [2.05, 4.69) is 27.0 Å². The molecule has 1 saturated carbocycles. The van der Waals surface area contributed by atoms with Crippen molar-refractivity contribution in [3.63, 3.8) is 0 Å². The molecule has 5 heteroatoms. The number of aromatic nitrogens is 2. The standard InChI is InChI=1S/C21H19N3O2/c1-25-16-10-6-14(7-11-16)12-24(15-8-9-15)21-20-19(22-13-23-21)17-4-2-3-5-18(17)26-20/h2-7,10-11,13,15H,8-9,12H2,1H3. The largest absolute Gasteiger partial charge is 0.497 e. The Morgan fingerprint density at radius 2 is 1.88 bits per heavy atom. The van der Waals surface area contributed by atoms with E-state index < -0.39 is 0 Å². The summed E-state index contributed by atoms with van der Waals surface area (Å²) in [5.74, 6) is 1.75. The highest BCUT2D eigenvalue weighted by molar-refractivity contribution is 6.05. The SMILES string of the molecule is COc1ccc(CN(c2ncnc3c2oc2ccccc23)C2CC2)cc1. The van der Waals surface area contributed by atoms with Crippen LogP contribution >= 0.6 is 0 Å². The van der Waals surface area contributed by atoms with Gasteiger partial charge in [0.2, 0.25) is 0 Å². The average Bonchev–Trinajstić information content (AvgIpc) is 3.46. The van der Waals surface area contributed by atoms with Gasteiger partial charge in [-0.15, -0.1) is 0 Å². The molecule has 1 aliphatic rings. The lowest BCUT2D eigenvalue weighted by molar-refractivity contribution is 0.414. The van der Waals surface area contributed by atoms with Crippen LogP contribution in [0.4, 0.5) is 5.82 Å². The van der Waals surface area contributed by atoms with Crippen LogP contribution in [0.5, 0.6) is 5.75 Å². The zero-order chi connectivity index (χ0) is 17.5. The Morgan fingerprint density at radius 1 is 1.08 bits per heavy atom. The summed E-state index contributed by atoms with van der Waals surface area (Å²) >= 11 is 0. The Hall–Kier alpha value is -3.08. The molecule has 2 aromatic heterocycles. The fraction of sp³-hybridized carbons (Fsp3) is 0.238. The summed E-state index contributed by atoms with van der Waals surface area (Å²) in [6, 6.07) is 16.7. The van der Waals surface area contributed by atoms with Gasteiger partial charge in [-0.05, 0) is 42.7 Å². The molecule has 0 bridgehead atoms. The highest BCUT2D eigenvalue weighted by Gasteiger charge is 2.32. The Morgan fingerprint density at radius 3 is 2.65 bits per heavy atom. The van der Waals surface area contributed by atoms with Gasteiger partial charge in [-0.1, -0.05) is 24.3 Å². The lowest BCUT2D eigenvalue weighted by Gasteiger charge is -2.23. The van der Waals surface area contributed by atoms with Crippen molar-refractivity contribution in [3.8, 4) is 5.75 Å². The molecule has 0 atom stereocenters. The maximum atomic E-state index is 6.13. The van der Waals surface area contributed by atoms with E-state index in [1.54, 1.807) is 13.4 Å². The van der Waals surface area contributed by atoms with Crippen molar-refractivity contribution in [3.05, 3.63) is 60.4 Å². The van der Waals surface area contributed by atoms with E-state index in [0.717, 1.165) is 40.2 Å². The first-order valence-electron chi connectivity index (χ1n) is 8.85. The second kappa shape index (κ2) is 6.02. The number of nitrogens with zero attached hydrogens (tertiary/aromatic N) is 3. The Bertz CT molecular complexity index is 1070. The van der Waals surface area contributed by atoms with Gasteiger partial charge in [0.05, 0.1) is 7.11 Å². The van der Waals surface area contributed by atoms with Crippen LogP contribution in [0, 0.1) is 0 Å². The number of fused-ring (bicyclic) bond motifs is 3. The minimum absolute atomic E-state index is 0.503. The highest BCUT2D eigenvalue weighted by atomic mass is 16.5. The van der Waals surface area contributed by atoms with Crippen LogP contribution in [0.3, 0.4) is 0 Å². The van der Waals surface area contributed by atoms with Gasteiger partial charge in [-0.25, -0.2) is 9.97 Å². The monoisotopic (exact) mass is 345 g/mol. The van der Waals surface area contributed by atoms with Crippen molar-refractivity contribution in [2.45, 2.75) is 25.4 Å². The molecule has 2 aromatic carbocycles. The van der Waals surface area contributed by atoms with Crippen LogP contribution in [0.15, 0.2) is 59.3 Å². The molecule has 5 rings (SSSR count). The van der Waals surface area contributed by atoms with Gasteiger partial charge in [0.15, 0.2) is 11.4 Å². The van der Waals surface area contributed by atoms with Crippen LogP contribution < -0.4 is 9.64 Å². The molecule has 1 fully saturated rings. The topological polar surface area (TPSA) is 51.4 Å². The lowest BCUT2D eigenvalue weighted by atomic mass is 10.2. The maximum absolute atomic E-state index is 6.13. The normalized spacial score (nSPS) is 14.0. The van der Waals surface area contributed by atoms with Gasteiger partial charge in [-0.3, -0.25) is 0 Å².